The predicted octanol–water partition coefficient (Wildman–Crippen LogP) is 5.92. The fraction of sp³-hybridized carbons (Fsp3) is 0.167. The van der Waals surface area contributed by atoms with Crippen LogP contribution in [0.5, 0.6) is 5.75 Å². The minimum atomic E-state index is -0.989. The molecule has 0 spiro atoms. The Morgan fingerprint density at radius 2 is 1.94 bits per heavy atom. The molecule has 1 N–H and O–H groups in total. The van der Waals surface area contributed by atoms with Gasteiger partial charge in [0.25, 0.3) is 11.7 Å². The number of aryl methyl sites for hydroxylation is 1. The Hall–Kier alpha value is -3.22. The lowest BCUT2D eigenvalue weighted by Crippen LogP contribution is -2.29. The lowest BCUT2D eigenvalue weighted by Gasteiger charge is -2.25. The Kier molecular flexibility index (Phi) is 6.00. The number of benzene rings is 2. The molecule has 3 aromatic rings. The highest BCUT2D eigenvalue weighted by Crippen LogP contribution is 2.44. The summed E-state index contributed by atoms with van der Waals surface area (Å²) in [4.78, 5) is 27.6. The lowest BCUT2D eigenvalue weighted by molar-refractivity contribution is -0.132. The van der Waals surface area contributed by atoms with Crippen molar-refractivity contribution in [2.45, 2.75) is 19.9 Å². The minimum absolute atomic E-state index is 0.130. The molecule has 164 valence electrons. The van der Waals surface area contributed by atoms with E-state index in [0.29, 0.717) is 34.4 Å². The molecule has 1 fully saturated rings. The molecular weight excluding hydrogens is 453 g/mol. The van der Waals surface area contributed by atoms with Gasteiger partial charge in [0.05, 0.1) is 23.5 Å². The summed E-state index contributed by atoms with van der Waals surface area (Å²) in [6.45, 7) is 4.02. The van der Waals surface area contributed by atoms with Crippen LogP contribution in [0.4, 0.5) is 5.69 Å². The number of anilines is 1. The second-order valence-electron chi connectivity index (χ2n) is 7.19. The Labute approximate surface area is 194 Å². The van der Waals surface area contributed by atoms with E-state index < -0.39 is 23.5 Å². The first-order valence-electron chi connectivity index (χ1n) is 9.86. The van der Waals surface area contributed by atoms with E-state index in [1.807, 2.05) is 6.92 Å². The van der Waals surface area contributed by atoms with Crippen molar-refractivity contribution in [3.63, 3.8) is 0 Å². The molecule has 1 aliphatic heterocycles. The summed E-state index contributed by atoms with van der Waals surface area (Å²) < 4.78 is 11.1. The number of carbonyl (C=O) groups is 2. The fourth-order valence-electron chi connectivity index (χ4n) is 3.77. The van der Waals surface area contributed by atoms with Gasteiger partial charge in [0.15, 0.2) is 0 Å². The molecular formula is C24H19Cl2NO5. The first kappa shape index (κ1) is 22.0. The number of amides is 1. The molecule has 0 radical (unpaired) electrons. The van der Waals surface area contributed by atoms with Gasteiger partial charge in [-0.3, -0.25) is 14.5 Å². The van der Waals surface area contributed by atoms with Crippen LogP contribution in [0.3, 0.4) is 0 Å². The van der Waals surface area contributed by atoms with E-state index in [2.05, 4.69) is 0 Å². The SMILES string of the molecule is CCOc1ccc(Cl)c(/C(O)=C2/C(=O)C(=O)N(c3ccc(Cl)cc3C)C2c2ccco2)c1. The van der Waals surface area contributed by atoms with Crippen LogP contribution < -0.4 is 9.64 Å². The highest BCUT2D eigenvalue weighted by molar-refractivity contribution is 6.52. The molecule has 0 saturated carbocycles. The monoisotopic (exact) mass is 471 g/mol. The van der Waals surface area contributed by atoms with E-state index in [1.54, 1.807) is 49.4 Å². The van der Waals surface area contributed by atoms with Crippen molar-refractivity contribution in [1.29, 1.82) is 0 Å². The van der Waals surface area contributed by atoms with Gasteiger partial charge in [-0.2, -0.15) is 0 Å². The van der Waals surface area contributed by atoms with Crippen molar-refractivity contribution in [3.8, 4) is 5.75 Å². The number of rotatable bonds is 5. The van der Waals surface area contributed by atoms with Crippen LogP contribution >= 0.6 is 23.2 Å². The number of aliphatic hydroxyl groups is 1. The fourth-order valence-corrected chi connectivity index (χ4v) is 4.21. The lowest BCUT2D eigenvalue weighted by atomic mass is 9.98. The minimum Gasteiger partial charge on any atom is -0.507 e. The quantitative estimate of drug-likeness (QED) is 0.283. The molecule has 8 heteroatoms. The molecule has 32 heavy (non-hydrogen) atoms. The van der Waals surface area contributed by atoms with Gasteiger partial charge in [0, 0.05) is 16.3 Å². The molecule has 1 atom stereocenters. The van der Waals surface area contributed by atoms with Gasteiger partial charge in [-0.25, -0.2) is 0 Å². The number of furan rings is 1. The van der Waals surface area contributed by atoms with Gasteiger partial charge in [0.1, 0.15) is 23.3 Å². The molecule has 1 unspecified atom stereocenters. The maximum atomic E-state index is 13.2. The molecule has 0 bridgehead atoms. The van der Waals surface area contributed by atoms with E-state index in [4.69, 9.17) is 32.4 Å². The van der Waals surface area contributed by atoms with Crippen molar-refractivity contribution in [2.24, 2.45) is 0 Å². The van der Waals surface area contributed by atoms with Crippen LogP contribution in [0.1, 0.15) is 29.9 Å². The van der Waals surface area contributed by atoms with Crippen LogP contribution in [-0.4, -0.2) is 23.4 Å². The third kappa shape index (κ3) is 3.76. The van der Waals surface area contributed by atoms with Crippen LogP contribution in [0, 0.1) is 6.92 Å². The smallest absolute Gasteiger partial charge is 0.300 e. The Balaban J connectivity index is 1.94. The summed E-state index contributed by atoms with van der Waals surface area (Å²) in [6.07, 6.45) is 1.44. The average Bonchev–Trinajstić information content (AvgIpc) is 3.37. The Bertz CT molecular complexity index is 1230. The van der Waals surface area contributed by atoms with Crippen molar-refractivity contribution in [2.75, 3.05) is 11.5 Å². The van der Waals surface area contributed by atoms with E-state index in [1.165, 1.54) is 17.2 Å². The molecule has 1 aliphatic rings. The zero-order valence-corrected chi connectivity index (χ0v) is 18.8. The van der Waals surface area contributed by atoms with E-state index >= 15 is 0 Å². The van der Waals surface area contributed by atoms with Crippen molar-refractivity contribution < 1.29 is 23.8 Å². The van der Waals surface area contributed by atoms with Gasteiger partial charge in [-0.1, -0.05) is 23.2 Å². The van der Waals surface area contributed by atoms with E-state index in [-0.39, 0.29) is 16.2 Å². The molecule has 2 heterocycles. The molecule has 1 aromatic heterocycles. The third-order valence-electron chi connectivity index (χ3n) is 5.18. The first-order chi connectivity index (χ1) is 15.3. The van der Waals surface area contributed by atoms with E-state index in [9.17, 15) is 14.7 Å². The van der Waals surface area contributed by atoms with Crippen LogP contribution in [-0.2, 0) is 9.59 Å². The van der Waals surface area contributed by atoms with Gasteiger partial charge in [0.2, 0.25) is 0 Å². The summed E-state index contributed by atoms with van der Waals surface area (Å²) in [6, 6.07) is 12.0. The third-order valence-corrected chi connectivity index (χ3v) is 5.74. The number of carbonyl (C=O) groups excluding carboxylic acids is 2. The molecule has 6 nitrogen and oxygen atoms in total. The summed E-state index contributed by atoms with van der Waals surface area (Å²) in [5, 5.41) is 11.9. The van der Waals surface area contributed by atoms with Gasteiger partial charge in [-0.15, -0.1) is 0 Å². The molecule has 2 aromatic carbocycles. The first-order valence-corrected chi connectivity index (χ1v) is 10.6. The molecule has 1 amide bonds. The molecule has 1 saturated heterocycles. The largest absolute Gasteiger partial charge is 0.507 e. The highest BCUT2D eigenvalue weighted by Gasteiger charge is 2.48. The maximum absolute atomic E-state index is 13.2. The standard InChI is InChI=1S/C24H19Cl2NO5/c1-3-31-15-7-8-17(26)16(12-15)22(28)20-21(19-5-4-10-32-19)27(24(30)23(20)29)18-9-6-14(25)11-13(18)2/h4-12,21,28H,3H2,1-2H3/b22-20-. The summed E-state index contributed by atoms with van der Waals surface area (Å²) in [5.74, 6) is -1.27. The summed E-state index contributed by atoms with van der Waals surface area (Å²) in [5.41, 5.74) is 1.22. The van der Waals surface area contributed by atoms with E-state index in [0.717, 1.165) is 0 Å². The topological polar surface area (TPSA) is 80.0 Å². The predicted molar refractivity (Wildman–Crippen MR) is 122 cm³/mol. The Morgan fingerprint density at radius 1 is 1.16 bits per heavy atom. The van der Waals surface area contributed by atoms with Gasteiger partial charge >= 0.3 is 0 Å². The number of ether oxygens (including phenoxy) is 1. The van der Waals surface area contributed by atoms with Gasteiger partial charge in [-0.05, 0) is 67.9 Å². The summed E-state index contributed by atoms with van der Waals surface area (Å²) >= 11 is 12.4. The number of halogens is 2. The number of nitrogens with zero attached hydrogens (tertiary/aromatic N) is 1. The maximum Gasteiger partial charge on any atom is 0.300 e. The second kappa shape index (κ2) is 8.73. The van der Waals surface area contributed by atoms with Crippen molar-refractivity contribution >= 4 is 46.3 Å². The zero-order valence-electron chi connectivity index (χ0n) is 17.3. The number of aliphatic hydroxyl groups excluding tert-OH is 1. The average molecular weight is 472 g/mol. The zero-order chi connectivity index (χ0) is 23.0. The number of ketones is 1. The van der Waals surface area contributed by atoms with Crippen LogP contribution in [0.15, 0.2) is 64.8 Å². The summed E-state index contributed by atoms with van der Waals surface area (Å²) in [7, 11) is 0. The Morgan fingerprint density at radius 3 is 2.59 bits per heavy atom. The van der Waals surface area contributed by atoms with Crippen molar-refractivity contribution in [1.82, 2.24) is 0 Å². The number of hydrogen-bond donors (Lipinski definition) is 1. The van der Waals surface area contributed by atoms with Crippen LogP contribution in [0.25, 0.3) is 5.76 Å². The normalized spacial score (nSPS) is 17.8. The number of hydrogen-bond acceptors (Lipinski definition) is 5. The number of Topliss-reactive ketones (excluding diaryl/α,β-unsaturated/α-hetero) is 1. The molecule has 4 rings (SSSR count). The highest BCUT2D eigenvalue weighted by atomic mass is 35.5. The second-order valence-corrected chi connectivity index (χ2v) is 8.03. The van der Waals surface area contributed by atoms with Gasteiger partial charge < -0.3 is 14.3 Å². The molecule has 0 aliphatic carbocycles. The van der Waals surface area contributed by atoms with Crippen molar-refractivity contribution in [3.05, 3.63) is 87.3 Å². The van der Waals surface area contributed by atoms with Crippen LogP contribution in [0.2, 0.25) is 10.0 Å².